The van der Waals surface area contributed by atoms with Gasteiger partial charge in [-0.1, -0.05) is 0 Å². The van der Waals surface area contributed by atoms with E-state index in [1.54, 1.807) is 12.1 Å². The van der Waals surface area contributed by atoms with Crippen molar-refractivity contribution < 1.29 is 23.0 Å². The van der Waals surface area contributed by atoms with Crippen molar-refractivity contribution >= 4 is 0 Å². The molecule has 0 spiro atoms. The first-order chi connectivity index (χ1) is 11.4. The number of aryl methyl sites for hydroxylation is 1. The minimum atomic E-state index is -4.40. The van der Waals surface area contributed by atoms with Crippen molar-refractivity contribution in [2.75, 3.05) is 6.61 Å². The standard InChI is InChI=1S/C17H19F3N2O2/c18-17(19,20)9-14(23)11-24-15-6-4-12(5-7-15)16-21-10-13-3-1-2-8-22(13)16/h4-7,10,14,23H,1-3,8-9,11H2. The summed E-state index contributed by atoms with van der Waals surface area (Å²) in [6.45, 7) is 0.560. The molecule has 0 amide bonds. The lowest BCUT2D eigenvalue weighted by molar-refractivity contribution is -0.156. The summed E-state index contributed by atoms with van der Waals surface area (Å²) in [4.78, 5) is 4.47. The number of aliphatic hydroxyl groups excluding tert-OH is 1. The Morgan fingerprint density at radius 1 is 1.21 bits per heavy atom. The van der Waals surface area contributed by atoms with Crippen LogP contribution in [0.1, 0.15) is 25.0 Å². The number of halogens is 3. The average molecular weight is 340 g/mol. The highest BCUT2D eigenvalue weighted by atomic mass is 19.4. The molecular weight excluding hydrogens is 321 g/mol. The number of fused-ring (bicyclic) bond motifs is 1. The van der Waals surface area contributed by atoms with Gasteiger partial charge in [-0.15, -0.1) is 0 Å². The molecule has 4 nitrogen and oxygen atoms in total. The molecule has 1 atom stereocenters. The SMILES string of the molecule is OC(COc1ccc(-c2ncc3n2CCCC3)cc1)CC(F)(F)F. The molecule has 1 aliphatic heterocycles. The highest BCUT2D eigenvalue weighted by Gasteiger charge is 2.31. The number of hydrogen-bond donors (Lipinski definition) is 1. The minimum Gasteiger partial charge on any atom is -0.491 e. The molecule has 24 heavy (non-hydrogen) atoms. The van der Waals surface area contributed by atoms with E-state index in [1.807, 2.05) is 18.3 Å². The van der Waals surface area contributed by atoms with Crippen molar-refractivity contribution in [2.45, 2.75) is 44.5 Å². The molecule has 3 rings (SSSR count). The molecule has 2 aromatic rings. The minimum absolute atomic E-state index is 0.391. The predicted molar refractivity (Wildman–Crippen MR) is 82.8 cm³/mol. The van der Waals surface area contributed by atoms with Crippen LogP contribution in [0.15, 0.2) is 30.5 Å². The molecule has 0 aliphatic carbocycles. The number of alkyl halides is 3. The van der Waals surface area contributed by atoms with Gasteiger partial charge in [-0.05, 0) is 43.5 Å². The smallest absolute Gasteiger partial charge is 0.391 e. The Bertz CT molecular complexity index is 680. The maximum absolute atomic E-state index is 12.2. The van der Waals surface area contributed by atoms with Gasteiger partial charge >= 0.3 is 6.18 Å². The molecule has 1 N–H and O–H groups in total. The lowest BCUT2D eigenvalue weighted by Crippen LogP contribution is -2.25. The van der Waals surface area contributed by atoms with Gasteiger partial charge in [0, 0.05) is 24.0 Å². The maximum atomic E-state index is 12.2. The van der Waals surface area contributed by atoms with E-state index < -0.39 is 25.3 Å². The third kappa shape index (κ3) is 4.08. The first-order valence-electron chi connectivity index (χ1n) is 7.95. The van der Waals surface area contributed by atoms with E-state index in [4.69, 9.17) is 4.74 Å². The first-order valence-corrected chi connectivity index (χ1v) is 7.95. The lowest BCUT2D eigenvalue weighted by Gasteiger charge is -2.17. The highest BCUT2D eigenvalue weighted by molar-refractivity contribution is 5.57. The van der Waals surface area contributed by atoms with Crippen molar-refractivity contribution in [1.29, 1.82) is 0 Å². The van der Waals surface area contributed by atoms with Gasteiger partial charge in [0.2, 0.25) is 0 Å². The van der Waals surface area contributed by atoms with E-state index in [0.29, 0.717) is 5.75 Å². The second kappa shape index (κ2) is 6.84. The second-order valence-electron chi connectivity index (χ2n) is 5.99. The van der Waals surface area contributed by atoms with Crippen LogP contribution in [0.3, 0.4) is 0 Å². The van der Waals surface area contributed by atoms with Crippen LogP contribution < -0.4 is 4.74 Å². The summed E-state index contributed by atoms with van der Waals surface area (Å²) in [5, 5.41) is 9.33. The molecule has 0 bridgehead atoms. The highest BCUT2D eigenvalue weighted by Crippen LogP contribution is 2.26. The number of imidazole rings is 1. The van der Waals surface area contributed by atoms with Gasteiger partial charge < -0.3 is 14.4 Å². The largest absolute Gasteiger partial charge is 0.491 e. The Balaban J connectivity index is 1.63. The zero-order valence-corrected chi connectivity index (χ0v) is 13.1. The fourth-order valence-electron chi connectivity index (χ4n) is 2.89. The normalized spacial score (nSPS) is 15.8. The van der Waals surface area contributed by atoms with Crippen LogP contribution in [0.4, 0.5) is 13.2 Å². The van der Waals surface area contributed by atoms with Gasteiger partial charge in [0.25, 0.3) is 0 Å². The summed E-state index contributed by atoms with van der Waals surface area (Å²) in [6, 6.07) is 7.02. The number of ether oxygens (including phenoxy) is 1. The van der Waals surface area contributed by atoms with Crippen molar-refractivity contribution in [2.24, 2.45) is 0 Å². The Hall–Kier alpha value is -2.02. The van der Waals surface area contributed by atoms with Gasteiger partial charge in [0.05, 0.1) is 12.5 Å². The van der Waals surface area contributed by atoms with Crippen molar-refractivity contribution in [3.63, 3.8) is 0 Å². The summed E-state index contributed by atoms with van der Waals surface area (Å²) < 4.78 is 43.9. The molecule has 1 aromatic heterocycles. The molecule has 0 saturated heterocycles. The van der Waals surface area contributed by atoms with E-state index in [2.05, 4.69) is 9.55 Å². The average Bonchev–Trinajstić information content (AvgIpc) is 2.96. The van der Waals surface area contributed by atoms with E-state index in [1.165, 1.54) is 12.1 Å². The maximum Gasteiger partial charge on any atom is 0.391 e. The third-order valence-corrected chi connectivity index (χ3v) is 4.02. The molecule has 1 aromatic carbocycles. The molecule has 0 saturated carbocycles. The van der Waals surface area contributed by atoms with Crippen LogP contribution in [0.25, 0.3) is 11.4 Å². The van der Waals surface area contributed by atoms with E-state index >= 15 is 0 Å². The number of rotatable bonds is 5. The monoisotopic (exact) mass is 340 g/mol. The van der Waals surface area contributed by atoms with E-state index in [0.717, 1.165) is 30.8 Å². The van der Waals surface area contributed by atoms with Gasteiger partial charge in [-0.2, -0.15) is 13.2 Å². The van der Waals surface area contributed by atoms with E-state index in [-0.39, 0.29) is 0 Å². The number of benzene rings is 1. The van der Waals surface area contributed by atoms with Crippen LogP contribution in [0.5, 0.6) is 5.75 Å². The number of aromatic nitrogens is 2. The van der Waals surface area contributed by atoms with Crippen LogP contribution >= 0.6 is 0 Å². The van der Waals surface area contributed by atoms with Gasteiger partial charge in [0.1, 0.15) is 18.2 Å². The number of nitrogens with zero attached hydrogens (tertiary/aromatic N) is 2. The number of hydrogen-bond acceptors (Lipinski definition) is 3. The Morgan fingerprint density at radius 3 is 2.67 bits per heavy atom. The molecule has 0 radical (unpaired) electrons. The Morgan fingerprint density at radius 2 is 1.96 bits per heavy atom. The fourth-order valence-corrected chi connectivity index (χ4v) is 2.89. The topological polar surface area (TPSA) is 47.3 Å². The van der Waals surface area contributed by atoms with Crippen LogP contribution in [0.2, 0.25) is 0 Å². The Labute approximate surface area is 137 Å². The summed E-state index contributed by atoms with van der Waals surface area (Å²) in [5.74, 6) is 1.32. The second-order valence-corrected chi connectivity index (χ2v) is 5.99. The van der Waals surface area contributed by atoms with Crippen LogP contribution in [0, 0.1) is 0 Å². The molecule has 130 valence electrons. The summed E-state index contributed by atoms with van der Waals surface area (Å²) in [7, 11) is 0. The quantitative estimate of drug-likeness (QED) is 0.905. The number of aliphatic hydroxyl groups is 1. The van der Waals surface area contributed by atoms with Crippen LogP contribution in [-0.4, -0.2) is 33.5 Å². The molecular formula is C17H19F3N2O2. The van der Waals surface area contributed by atoms with Gasteiger partial charge in [-0.3, -0.25) is 0 Å². The van der Waals surface area contributed by atoms with Crippen LogP contribution in [-0.2, 0) is 13.0 Å². The summed E-state index contributed by atoms with van der Waals surface area (Å²) in [6.07, 6.45) is -1.99. The molecule has 0 fully saturated rings. The molecule has 1 aliphatic rings. The van der Waals surface area contributed by atoms with E-state index in [9.17, 15) is 18.3 Å². The summed E-state index contributed by atoms with van der Waals surface area (Å²) >= 11 is 0. The molecule has 7 heteroatoms. The summed E-state index contributed by atoms with van der Waals surface area (Å²) in [5.41, 5.74) is 2.16. The fraction of sp³-hybridized carbons (Fsp3) is 0.471. The predicted octanol–water partition coefficient (Wildman–Crippen LogP) is 3.58. The van der Waals surface area contributed by atoms with Gasteiger partial charge in [0.15, 0.2) is 0 Å². The lowest BCUT2D eigenvalue weighted by atomic mass is 10.1. The van der Waals surface area contributed by atoms with Crippen molar-refractivity contribution in [3.8, 4) is 17.1 Å². The van der Waals surface area contributed by atoms with Crippen molar-refractivity contribution in [1.82, 2.24) is 9.55 Å². The van der Waals surface area contributed by atoms with Crippen molar-refractivity contribution in [3.05, 3.63) is 36.2 Å². The zero-order chi connectivity index (χ0) is 17.2. The Kier molecular flexibility index (Phi) is 4.80. The first kappa shape index (κ1) is 16.8. The zero-order valence-electron chi connectivity index (χ0n) is 13.1. The van der Waals surface area contributed by atoms with Gasteiger partial charge in [-0.25, -0.2) is 4.98 Å². The molecule has 2 heterocycles. The molecule has 1 unspecified atom stereocenters. The third-order valence-electron chi connectivity index (χ3n) is 4.02.